The van der Waals surface area contributed by atoms with Crippen molar-refractivity contribution in [2.24, 2.45) is 0 Å². The second kappa shape index (κ2) is 4.65. The van der Waals surface area contributed by atoms with Gasteiger partial charge in [0.25, 0.3) is 0 Å². The third-order valence-corrected chi connectivity index (χ3v) is 2.92. The molecule has 0 saturated heterocycles. The van der Waals surface area contributed by atoms with Gasteiger partial charge < -0.3 is 15.5 Å². The number of hydrogen-bond donors (Lipinski definition) is 1. The van der Waals surface area contributed by atoms with E-state index in [1.807, 2.05) is 29.2 Å². The highest BCUT2D eigenvalue weighted by molar-refractivity contribution is 5.74. The smallest absolute Gasteiger partial charge is 0.320 e. The molecule has 0 radical (unpaired) electrons. The second-order valence-corrected chi connectivity index (χ2v) is 4.78. The number of nitrogens with two attached hydrogens (primary N) is 1. The highest BCUT2D eigenvalue weighted by Crippen LogP contribution is 2.29. The first-order valence-electron chi connectivity index (χ1n) is 5.90. The van der Waals surface area contributed by atoms with E-state index in [1.165, 1.54) is 0 Å². The predicted octanol–water partition coefficient (Wildman–Crippen LogP) is 1.91. The van der Waals surface area contributed by atoms with Crippen LogP contribution in [0.5, 0.6) is 0 Å². The third-order valence-electron chi connectivity index (χ3n) is 2.92. The number of hydrogen-bond acceptors (Lipinski definition) is 2. The maximum Gasteiger partial charge on any atom is 0.320 e. The summed E-state index contributed by atoms with van der Waals surface area (Å²) in [6.07, 6.45) is 2.23. The Kier molecular flexibility index (Phi) is 3.22. The highest BCUT2D eigenvalue weighted by Gasteiger charge is 2.33. The SMILES string of the molecule is CN(C)C(=O)N(Cc1cccc(N)c1)C1CC1. The standard InChI is InChI=1S/C13H19N3O/c1-15(2)13(17)16(12-6-7-12)9-10-4-3-5-11(14)8-10/h3-5,8,12H,6-7,9,14H2,1-2H3. The molecule has 0 aliphatic heterocycles. The lowest BCUT2D eigenvalue weighted by atomic mass is 10.2. The van der Waals surface area contributed by atoms with Gasteiger partial charge in [0, 0.05) is 32.4 Å². The molecule has 0 heterocycles. The molecule has 1 fully saturated rings. The summed E-state index contributed by atoms with van der Waals surface area (Å²) in [6, 6.07) is 8.21. The summed E-state index contributed by atoms with van der Waals surface area (Å²) in [5.41, 5.74) is 7.58. The Morgan fingerprint density at radius 2 is 2.12 bits per heavy atom. The fourth-order valence-electron chi connectivity index (χ4n) is 1.88. The molecule has 1 aliphatic rings. The van der Waals surface area contributed by atoms with Crippen LogP contribution < -0.4 is 5.73 Å². The second-order valence-electron chi connectivity index (χ2n) is 4.78. The van der Waals surface area contributed by atoms with Crippen LogP contribution in [-0.2, 0) is 6.54 Å². The average Bonchev–Trinajstić information content (AvgIpc) is 3.09. The van der Waals surface area contributed by atoms with Crippen molar-refractivity contribution in [1.82, 2.24) is 9.80 Å². The molecule has 1 aromatic carbocycles. The van der Waals surface area contributed by atoms with E-state index in [2.05, 4.69) is 0 Å². The third kappa shape index (κ3) is 2.90. The van der Waals surface area contributed by atoms with Crippen molar-refractivity contribution in [2.45, 2.75) is 25.4 Å². The summed E-state index contributed by atoms with van der Waals surface area (Å²) < 4.78 is 0. The van der Waals surface area contributed by atoms with Crippen molar-refractivity contribution < 1.29 is 4.79 Å². The van der Waals surface area contributed by atoms with E-state index in [1.54, 1.807) is 19.0 Å². The molecule has 0 unspecified atom stereocenters. The maximum absolute atomic E-state index is 12.0. The van der Waals surface area contributed by atoms with Crippen LogP contribution in [0, 0.1) is 0 Å². The highest BCUT2D eigenvalue weighted by atomic mass is 16.2. The number of urea groups is 1. The van der Waals surface area contributed by atoms with E-state index < -0.39 is 0 Å². The van der Waals surface area contributed by atoms with Crippen LogP contribution in [0.3, 0.4) is 0 Å². The van der Waals surface area contributed by atoms with Crippen LogP contribution in [0.2, 0.25) is 0 Å². The van der Waals surface area contributed by atoms with Crippen molar-refractivity contribution in [3.63, 3.8) is 0 Å². The molecule has 2 rings (SSSR count). The summed E-state index contributed by atoms with van der Waals surface area (Å²) in [6.45, 7) is 0.646. The topological polar surface area (TPSA) is 49.6 Å². The van der Waals surface area contributed by atoms with Gasteiger partial charge in [0.1, 0.15) is 0 Å². The van der Waals surface area contributed by atoms with Crippen LogP contribution in [0.1, 0.15) is 18.4 Å². The van der Waals surface area contributed by atoms with E-state index >= 15 is 0 Å². The molecule has 92 valence electrons. The van der Waals surface area contributed by atoms with Crippen LogP contribution >= 0.6 is 0 Å². The Hall–Kier alpha value is -1.71. The molecule has 1 saturated carbocycles. The largest absolute Gasteiger partial charge is 0.399 e. The van der Waals surface area contributed by atoms with Crippen LogP contribution in [0.25, 0.3) is 0 Å². The van der Waals surface area contributed by atoms with E-state index in [0.29, 0.717) is 12.6 Å². The maximum atomic E-state index is 12.0. The summed E-state index contributed by atoms with van der Waals surface area (Å²) in [5, 5.41) is 0. The minimum atomic E-state index is 0.0786. The van der Waals surface area contributed by atoms with Gasteiger partial charge in [-0.15, -0.1) is 0 Å². The summed E-state index contributed by atoms with van der Waals surface area (Å²) in [4.78, 5) is 15.6. The number of carbonyl (C=O) groups is 1. The van der Waals surface area contributed by atoms with Crippen molar-refractivity contribution in [3.8, 4) is 0 Å². The van der Waals surface area contributed by atoms with Gasteiger partial charge in [-0.2, -0.15) is 0 Å². The molecule has 4 nitrogen and oxygen atoms in total. The average molecular weight is 233 g/mol. The van der Waals surface area contributed by atoms with E-state index in [0.717, 1.165) is 24.1 Å². The minimum Gasteiger partial charge on any atom is -0.399 e. The van der Waals surface area contributed by atoms with Gasteiger partial charge in [-0.3, -0.25) is 0 Å². The van der Waals surface area contributed by atoms with Crippen molar-refractivity contribution in [2.75, 3.05) is 19.8 Å². The zero-order valence-corrected chi connectivity index (χ0v) is 10.4. The Balaban J connectivity index is 2.10. The van der Waals surface area contributed by atoms with Gasteiger partial charge in [-0.05, 0) is 30.5 Å². The van der Waals surface area contributed by atoms with E-state index in [4.69, 9.17) is 5.73 Å². The molecule has 1 aliphatic carbocycles. The molecule has 0 atom stereocenters. The molecular formula is C13H19N3O. The summed E-state index contributed by atoms with van der Waals surface area (Å²) >= 11 is 0. The van der Waals surface area contributed by atoms with Gasteiger partial charge in [0.2, 0.25) is 0 Å². The molecule has 4 heteroatoms. The summed E-state index contributed by atoms with van der Waals surface area (Å²) in [5.74, 6) is 0. The van der Waals surface area contributed by atoms with Crippen LogP contribution in [0.4, 0.5) is 10.5 Å². The lowest BCUT2D eigenvalue weighted by Gasteiger charge is -2.26. The molecular weight excluding hydrogens is 214 g/mol. The van der Waals surface area contributed by atoms with E-state index in [9.17, 15) is 4.79 Å². The Morgan fingerprint density at radius 1 is 1.41 bits per heavy atom. The van der Waals surface area contributed by atoms with Gasteiger partial charge in [0.15, 0.2) is 0 Å². The Labute approximate surface area is 102 Å². The fourth-order valence-corrected chi connectivity index (χ4v) is 1.88. The minimum absolute atomic E-state index is 0.0786. The lowest BCUT2D eigenvalue weighted by molar-refractivity contribution is 0.165. The van der Waals surface area contributed by atoms with Gasteiger partial charge in [-0.25, -0.2) is 4.79 Å². The quantitative estimate of drug-likeness (QED) is 0.811. The predicted molar refractivity (Wildman–Crippen MR) is 68.5 cm³/mol. The van der Waals surface area contributed by atoms with Crippen molar-refractivity contribution in [1.29, 1.82) is 0 Å². The molecule has 1 aromatic rings. The molecule has 2 amide bonds. The Bertz CT molecular complexity index is 413. The number of nitrogens with zero attached hydrogens (tertiary/aromatic N) is 2. The number of anilines is 1. The first-order valence-corrected chi connectivity index (χ1v) is 5.90. The fraction of sp³-hybridized carbons (Fsp3) is 0.462. The van der Waals surface area contributed by atoms with Gasteiger partial charge in [0.05, 0.1) is 0 Å². The monoisotopic (exact) mass is 233 g/mol. The zero-order valence-electron chi connectivity index (χ0n) is 10.4. The summed E-state index contributed by atoms with van der Waals surface area (Å²) in [7, 11) is 3.58. The van der Waals surface area contributed by atoms with Crippen LogP contribution in [0.15, 0.2) is 24.3 Å². The molecule has 0 bridgehead atoms. The number of amides is 2. The van der Waals surface area contributed by atoms with Crippen LogP contribution in [-0.4, -0.2) is 36.0 Å². The first-order chi connectivity index (χ1) is 8.08. The number of rotatable bonds is 3. The molecule has 0 aromatic heterocycles. The van der Waals surface area contributed by atoms with Gasteiger partial charge in [-0.1, -0.05) is 12.1 Å². The Morgan fingerprint density at radius 3 is 2.65 bits per heavy atom. The van der Waals surface area contributed by atoms with Gasteiger partial charge >= 0.3 is 6.03 Å². The lowest BCUT2D eigenvalue weighted by Crippen LogP contribution is -2.40. The zero-order chi connectivity index (χ0) is 12.4. The van der Waals surface area contributed by atoms with Crippen molar-refractivity contribution >= 4 is 11.7 Å². The first kappa shape index (κ1) is 11.8. The molecule has 0 spiro atoms. The molecule has 2 N–H and O–H groups in total. The van der Waals surface area contributed by atoms with E-state index in [-0.39, 0.29) is 6.03 Å². The number of carbonyl (C=O) groups excluding carboxylic acids is 1. The van der Waals surface area contributed by atoms with Crippen molar-refractivity contribution in [3.05, 3.63) is 29.8 Å². The number of nitrogen functional groups attached to an aromatic ring is 1. The molecule has 17 heavy (non-hydrogen) atoms. The number of benzene rings is 1. The normalized spacial score (nSPS) is 14.5.